The van der Waals surface area contributed by atoms with Crippen LogP contribution < -0.4 is 10.6 Å². The lowest BCUT2D eigenvalue weighted by Gasteiger charge is -2.16. The minimum atomic E-state index is -0.307. The van der Waals surface area contributed by atoms with Crippen molar-refractivity contribution in [2.75, 3.05) is 0 Å². The lowest BCUT2D eigenvalue weighted by atomic mass is 10.1. The molecular weight excluding hydrogens is 334 g/mol. The predicted octanol–water partition coefficient (Wildman–Crippen LogP) is 3.18. The molecule has 3 aromatic rings. The summed E-state index contributed by atoms with van der Waals surface area (Å²) in [6.07, 6.45) is 1.94. The predicted molar refractivity (Wildman–Crippen MR) is 99.1 cm³/mol. The summed E-state index contributed by atoms with van der Waals surface area (Å²) in [6.45, 7) is 1.82. The second-order valence-corrected chi connectivity index (χ2v) is 6.71. The van der Waals surface area contributed by atoms with E-state index in [1.807, 2.05) is 47.8 Å². The van der Waals surface area contributed by atoms with Gasteiger partial charge in [-0.25, -0.2) is 0 Å². The van der Waals surface area contributed by atoms with Gasteiger partial charge in [0, 0.05) is 23.4 Å². The average molecular weight is 353 g/mol. The van der Waals surface area contributed by atoms with Crippen LogP contribution in [0.4, 0.5) is 0 Å². The number of carbonyl (C=O) groups excluding carboxylic acids is 2. The van der Waals surface area contributed by atoms with Gasteiger partial charge in [-0.15, -0.1) is 11.3 Å². The van der Waals surface area contributed by atoms with E-state index in [0.717, 1.165) is 21.3 Å². The molecule has 2 amide bonds. The quantitative estimate of drug-likeness (QED) is 0.715. The van der Waals surface area contributed by atoms with Gasteiger partial charge in [0.05, 0.1) is 24.7 Å². The van der Waals surface area contributed by atoms with Crippen LogP contribution in [0.2, 0.25) is 0 Å². The first-order valence-corrected chi connectivity index (χ1v) is 8.91. The average Bonchev–Trinajstić information content (AvgIpc) is 3.13. The number of aromatic nitrogens is 1. The van der Waals surface area contributed by atoms with Crippen LogP contribution >= 0.6 is 11.3 Å². The third-order valence-corrected chi connectivity index (χ3v) is 4.85. The van der Waals surface area contributed by atoms with Gasteiger partial charge in [0.15, 0.2) is 0 Å². The molecule has 0 aliphatic heterocycles. The van der Waals surface area contributed by atoms with Gasteiger partial charge in [-0.2, -0.15) is 0 Å². The molecule has 0 aliphatic rings. The maximum Gasteiger partial charge on any atom is 0.222 e. The van der Waals surface area contributed by atoms with Crippen molar-refractivity contribution in [3.8, 4) is 0 Å². The van der Waals surface area contributed by atoms with Gasteiger partial charge in [-0.1, -0.05) is 30.3 Å². The van der Waals surface area contributed by atoms with E-state index in [0.29, 0.717) is 6.54 Å². The zero-order chi connectivity index (χ0) is 17.6. The fourth-order valence-electron chi connectivity index (χ4n) is 2.72. The zero-order valence-electron chi connectivity index (χ0n) is 13.9. The van der Waals surface area contributed by atoms with Crippen molar-refractivity contribution in [2.45, 2.75) is 25.9 Å². The maximum absolute atomic E-state index is 12.4. The second kappa shape index (κ2) is 7.90. The number of fused-ring (bicyclic) bond motifs is 1. The molecule has 0 aliphatic carbocycles. The molecule has 1 atom stereocenters. The topological polar surface area (TPSA) is 71.1 Å². The van der Waals surface area contributed by atoms with E-state index in [9.17, 15) is 9.59 Å². The van der Waals surface area contributed by atoms with Gasteiger partial charge in [-0.3, -0.25) is 14.6 Å². The van der Waals surface area contributed by atoms with Gasteiger partial charge in [0.2, 0.25) is 11.8 Å². The standard InChI is InChI=1S/C19H19N3O2S/c1-13(23)22-16(18-7-4-10-25-18)11-19(24)21-12-17-15-6-3-2-5-14(15)8-9-20-17/h2-10,16H,11-12H2,1H3,(H,21,24)(H,22,23)/t16-/m0/s1. The molecule has 3 rings (SSSR count). The Hall–Kier alpha value is -2.73. The molecule has 2 heterocycles. The van der Waals surface area contributed by atoms with Crippen LogP contribution in [-0.2, 0) is 16.1 Å². The summed E-state index contributed by atoms with van der Waals surface area (Å²) in [5.41, 5.74) is 0.832. The molecule has 2 aromatic heterocycles. The molecular formula is C19H19N3O2S. The number of hydrogen-bond acceptors (Lipinski definition) is 4. The summed E-state index contributed by atoms with van der Waals surface area (Å²) in [7, 11) is 0. The first-order valence-electron chi connectivity index (χ1n) is 8.03. The summed E-state index contributed by atoms with van der Waals surface area (Å²) in [4.78, 5) is 29.1. The van der Waals surface area contributed by atoms with Crippen molar-refractivity contribution in [3.05, 3.63) is 64.6 Å². The molecule has 0 spiro atoms. The van der Waals surface area contributed by atoms with Crippen LogP contribution in [0.3, 0.4) is 0 Å². The first-order chi connectivity index (χ1) is 12.1. The highest BCUT2D eigenvalue weighted by atomic mass is 32.1. The third-order valence-electron chi connectivity index (χ3n) is 3.86. The van der Waals surface area contributed by atoms with Crippen LogP contribution in [0.1, 0.15) is 30.0 Å². The Bertz CT molecular complexity index is 872. The highest BCUT2D eigenvalue weighted by molar-refractivity contribution is 7.10. The van der Waals surface area contributed by atoms with Crippen LogP contribution in [0.15, 0.2) is 54.0 Å². The Labute approximate surface area is 150 Å². The van der Waals surface area contributed by atoms with Crippen LogP contribution in [-0.4, -0.2) is 16.8 Å². The molecule has 0 fully saturated rings. The Morgan fingerprint density at radius 3 is 2.76 bits per heavy atom. The van der Waals surface area contributed by atoms with Crippen molar-refractivity contribution < 1.29 is 9.59 Å². The normalized spacial score (nSPS) is 11.9. The summed E-state index contributed by atoms with van der Waals surface area (Å²) in [5.74, 6) is -0.274. The summed E-state index contributed by atoms with van der Waals surface area (Å²) in [5, 5.41) is 9.80. The fraction of sp³-hybridized carbons (Fsp3) is 0.211. The number of hydrogen-bond donors (Lipinski definition) is 2. The number of nitrogens with zero attached hydrogens (tertiary/aromatic N) is 1. The van der Waals surface area contributed by atoms with Gasteiger partial charge < -0.3 is 10.6 Å². The minimum Gasteiger partial charge on any atom is -0.350 e. The molecule has 0 radical (unpaired) electrons. The maximum atomic E-state index is 12.4. The second-order valence-electron chi connectivity index (χ2n) is 5.73. The van der Waals surface area contributed by atoms with E-state index < -0.39 is 0 Å². The highest BCUT2D eigenvalue weighted by Gasteiger charge is 2.18. The number of amides is 2. The summed E-state index contributed by atoms with van der Waals surface area (Å²) < 4.78 is 0. The third kappa shape index (κ3) is 4.42. The SMILES string of the molecule is CC(=O)N[C@@H](CC(=O)NCc1nccc2ccccc12)c1cccs1. The molecule has 6 heteroatoms. The molecule has 128 valence electrons. The van der Waals surface area contributed by atoms with E-state index in [4.69, 9.17) is 0 Å². The van der Waals surface area contributed by atoms with E-state index in [1.54, 1.807) is 6.20 Å². The van der Waals surface area contributed by atoms with Crippen molar-refractivity contribution in [1.82, 2.24) is 15.6 Å². The Morgan fingerprint density at radius 2 is 2.00 bits per heavy atom. The van der Waals surface area contributed by atoms with E-state index >= 15 is 0 Å². The number of rotatable bonds is 6. The number of nitrogens with one attached hydrogen (secondary N) is 2. The Morgan fingerprint density at radius 1 is 1.16 bits per heavy atom. The number of carbonyl (C=O) groups is 2. The molecule has 1 aromatic carbocycles. The molecule has 0 bridgehead atoms. The van der Waals surface area contributed by atoms with Crippen molar-refractivity contribution in [1.29, 1.82) is 0 Å². The number of pyridine rings is 1. The molecule has 2 N–H and O–H groups in total. The molecule has 0 saturated heterocycles. The van der Waals surface area contributed by atoms with Gasteiger partial charge in [0.1, 0.15) is 0 Å². The van der Waals surface area contributed by atoms with Crippen LogP contribution in [0, 0.1) is 0 Å². The Balaban J connectivity index is 1.66. The van der Waals surface area contributed by atoms with Crippen molar-refractivity contribution in [3.63, 3.8) is 0 Å². The smallest absolute Gasteiger partial charge is 0.222 e. The van der Waals surface area contributed by atoms with Gasteiger partial charge in [-0.05, 0) is 22.9 Å². The van der Waals surface area contributed by atoms with Crippen LogP contribution in [0.5, 0.6) is 0 Å². The summed E-state index contributed by atoms with van der Waals surface area (Å²) in [6, 6.07) is 13.4. The lowest BCUT2D eigenvalue weighted by Crippen LogP contribution is -2.32. The molecule has 25 heavy (non-hydrogen) atoms. The monoisotopic (exact) mass is 353 g/mol. The molecule has 5 nitrogen and oxygen atoms in total. The van der Waals surface area contributed by atoms with Crippen molar-refractivity contribution in [2.24, 2.45) is 0 Å². The first kappa shape index (κ1) is 17.1. The van der Waals surface area contributed by atoms with E-state index in [2.05, 4.69) is 15.6 Å². The minimum absolute atomic E-state index is 0.123. The van der Waals surface area contributed by atoms with Gasteiger partial charge in [0.25, 0.3) is 0 Å². The zero-order valence-corrected chi connectivity index (χ0v) is 14.7. The van der Waals surface area contributed by atoms with Crippen LogP contribution in [0.25, 0.3) is 10.8 Å². The van der Waals surface area contributed by atoms with Crippen molar-refractivity contribution >= 4 is 33.9 Å². The highest BCUT2D eigenvalue weighted by Crippen LogP contribution is 2.22. The molecule has 0 saturated carbocycles. The fourth-order valence-corrected chi connectivity index (χ4v) is 3.50. The number of benzene rings is 1. The lowest BCUT2D eigenvalue weighted by molar-refractivity contribution is -0.122. The number of thiophene rings is 1. The summed E-state index contributed by atoms with van der Waals surface area (Å²) >= 11 is 1.52. The Kier molecular flexibility index (Phi) is 5.40. The van der Waals surface area contributed by atoms with E-state index in [-0.39, 0.29) is 24.3 Å². The van der Waals surface area contributed by atoms with Gasteiger partial charge >= 0.3 is 0 Å². The molecule has 0 unspecified atom stereocenters. The largest absolute Gasteiger partial charge is 0.350 e. The van der Waals surface area contributed by atoms with E-state index in [1.165, 1.54) is 18.3 Å².